The number of pyridine rings is 1. The van der Waals surface area contributed by atoms with E-state index in [0.717, 1.165) is 18.9 Å². The molecule has 0 amide bonds. The van der Waals surface area contributed by atoms with Gasteiger partial charge in [-0.25, -0.2) is 4.98 Å². The molecule has 2 rings (SSSR count). The molecule has 3 nitrogen and oxygen atoms in total. The van der Waals surface area contributed by atoms with E-state index in [4.69, 9.17) is 0 Å². The molecule has 1 aromatic heterocycles. The Hall–Kier alpha value is -1.87. The first-order valence-electron chi connectivity index (χ1n) is 6.69. The van der Waals surface area contributed by atoms with Gasteiger partial charge < -0.3 is 10.2 Å². The van der Waals surface area contributed by atoms with Crippen molar-refractivity contribution in [1.82, 2.24) is 10.3 Å². The normalized spacial score (nSPS) is 10.5. The van der Waals surface area contributed by atoms with Crippen molar-refractivity contribution in [1.29, 1.82) is 0 Å². The molecule has 1 N–H and O–H groups in total. The molecule has 0 saturated heterocycles. The fourth-order valence-corrected chi connectivity index (χ4v) is 2.27. The molecule has 0 spiro atoms. The van der Waals surface area contributed by atoms with Gasteiger partial charge in [0.05, 0.1) is 0 Å². The van der Waals surface area contributed by atoms with Gasteiger partial charge in [-0.05, 0) is 50.2 Å². The van der Waals surface area contributed by atoms with Gasteiger partial charge in [0, 0.05) is 25.0 Å². The third-order valence-corrected chi connectivity index (χ3v) is 3.13. The third-order valence-electron chi connectivity index (χ3n) is 3.13. The zero-order chi connectivity index (χ0) is 13.7. The summed E-state index contributed by atoms with van der Waals surface area (Å²) in [5.74, 6) is 1.04. The Morgan fingerprint density at radius 3 is 2.53 bits per heavy atom. The van der Waals surface area contributed by atoms with Crippen LogP contribution in [0.1, 0.15) is 18.1 Å². The van der Waals surface area contributed by atoms with Gasteiger partial charge in [0.15, 0.2) is 0 Å². The average Bonchev–Trinajstić information content (AvgIpc) is 2.43. The molecule has 0 atom stereocenters. The Bertz CT molecular complexity index is 523. The molecule has 0 bridgehead atoms. The van der Waals surface area contributed by atoms with Gasteiger partial charge in [0.1, 0.15) is 5.82 Å². The molecule has 1 aromatic carbocycles. The summed E-state index contributed by atoms with van der Waals surface area (Å²) in [6.45, 7) is 6.03. The van der Waals surface area contributed by atoms with Crippen LogP contribution in [-0.4, -0.2) is 18.6 Å². The second kappa shape index (κ2) is 6.34. The Labute approximate surface area is 115 Å². The van der Waals surface area contributed by atoms with Crippen molar-refractivity contribution in [2.75, 3.05) is 18.5 Å². The quantitative estimate of drug-likeness (QED) is 0.888. The Kier molecular flexibility index (Phi) is 4.53. The van der Waals surface area contributed by atoms with Crippen LogP contribution in [0, 0.1) is 6.92 Å². The average molecular weight is 255 g/mol. The number of anilines is 2. The van der Waals surface area contributed by atoms with Crippen LogP contribution >= 0.6 is 0 Å². The Morgan fingerprint density at radius 1 is 1.21 bits per heavy atom. The van der Waals surface area contributed by atoms with E-state index in [1.54, 1.807) is 0 Å². The van der Waals surface area contributed by atoms with Crippen LogP contribution in [0.3, 0.4) is 0 Å². The maximum absolute atomic E-state index is 4.63. The molecule has 3 heteroatoms. The van der Waals surface area contributed by atoms with Crippen LogP contribution in [0.2, 0.25) is 0 Å². The van der Waals surface area contributed by atoms with Gasteiger partial charge in [0.2, 0.25) is 0 Å². The van der Waals surface area contributed by atoms with Gasteiger partial charge in [-0.1, -0.05) is 18.2 Å². The summed E-state index contributed by atoms with van der Waals surface area (Å²) in [6, 6.07) is 12.6. The smallest absolute Gasteiger partial charge is 0.135 e. The monoisotopic (exact) mass is 255 g/mol. The molecule has 19 heavy (non-hydrogen) atoms. The van der Waals surface area contributed by atoms with E-state index in [9.17, 15) is 0 Å². The molecular weight excluding hydrogens is 234 g/mol. The van der Waals surface area contributed by atoms with E-state index in [0.29, 0.717) is 0 Å². The van der Waals surface area contributed by atoms with E-state index in [-0.39, 0.29) is 0 Å². The minimum atomic E-state index is 0.853. The maximum atomic E-state index is 4.63. The number of hydrogen-bond donors (Lipinski definition) is 1. The predicted molar refractivity (Wildman–Crippen MR) is 80.9 cm³/mol. The summed E-state index contributed by atoms with van der Waals surface area (Å²) in [6.07, 6.45) is 1.95. The molecule has 100 valence electrons. The van der Waals surface area contributed by atoms with Gasteiger partial charge >= 0.3 is 0 Å². The minimum Gasteiger partial charge on any atom is -0.326 e. The van der Waals surface area contributed by atoms with Crippen LogP contribution in [0.25, 0.3) is 0 Å². The van der Waals surface area contributed by atoms with Crippen molar-refractivity contribution in [3.63, 3.8) is 0 Å². The van der Waals surface area contributed by atoms with Crippen LogP contribution in [0.15, 0.2) is 42.6 Å². The Balaban J connectivity index is 2.34. The van der Waals surface area contributed by atoms with Crippen molar-refractivity contribution < 1.29 is 0 Å². The maximum Gasteiger partial charge on any atom is 0.135 e. The van der Waals surface area contributed by atoms with Crippen molar-refractivity contribution >= 4 is 11.5 Å². The number of aryl methyl sites for hydroxylation is 1. The lowest BCUT2D eigenvalue weighted by Gasteiger charge is -2.24. The molecule has 0 aliphatic heterocycles. The molecule has 0 fully saturated rings. The minimum absolute atomic E-state index is 0.853. The molecule has 0 aliphatic carbocycles. The first-order valence-corrected chi connectivity index (χ1v) is 6.69. The van der Waals surface area contributed by atoms with Gasteiger partial charge in [-0.2, -0.15) is 0 Å². The summed E-state index contributed by atoms with van der Waals surface area (Å²) in [4.78, 5) is 6.86. The highest BCUT2D eigenvalue weighted by molar-refractivity contribution is 5.62. The largest absolute Gasteiger partial charge is 0.326 e. The number of nitrogens with zero attached hydrogens (tertiary/aromatic N) is 2. The highest BCUT2D eigenvalue weighted by Gasteiger charge is 2.11. The van der Waals surface area contributed by atoms with E-state index in [1.165, 1.54) is 16.8 Å². The Morgan fingerprint density at radius 2 is 1.95 bits per heavy atom. The van der Waals surface area contributed by atoms with E-state index in [2.05, 4.69) is 59.4 Å². The fourth-order valence-electron chi connectivity index (χ4n) is 2.27. The lowest BCUT2D eigenvalue weighted by molar-refractivity contribution is 0.810. The van der Waals surface area contributed by atoms with Crippen molar-refractivity contribution in [3.05, 3.63) is 53.7 Å². The fraction of sp³-hybridized carbons (Fsp3) is 0.312. The summed E-state index contributed by atoms with van der Waals surface area (Å²) in [5.41, 5.74) is 3.60. The predicted octanol–water partition coefficient (Wildman–Crippen LogP) is 3.27. The number of nitrogens with one attached hydrogen (secondary N) is 1. The van der Waals surface area contributed by atoms with Gasteiger partial charge in [0.25, 0.3) is 0 Å². The summed E-state index contributed by atoms with van der Waals surface area (Å²) < 4.78 is 0. The van der Waals surface area contributed by atoms with E-state index in [1.807, 2.05) is 19.3 Å². The van der Waals surface area contributed by atoms with Crippen molar-refractivity contribution in [2.24, 2.45) is 0 Å². The molecule has 0 aliphatic rings. The lowest BCUT2D eigenvalue weighted by atomic mass is 10.2. The molecule has 2 aromatic rings. The second-order valence-corrected chi connectivity index (χ2v) is 4.59. The number of aromatic nitrogens is 1. The van der Waals surface area contributed by atoms with Crippen LogP contribution in [-0.2, 0) is 6.54 Å². The first kappa shape index (κ1) is 13.6. The second-order valence-electron chi connectivity index (χ2n) is 4.59. The summed E-state index contributed by atoms with van der Waals surface area (Å²) in [7, 11) is 1.95. The molecular formula is C16H21N3. The van der Waals surface area contributed by atoms with Crippen LogP contribution in [0.5, 0.6) is 0 Å². The molecule has 0 saturated carbocycles. The van der Waals surface area contributed by atoms with Crippen LogP contribution < -0.4 is 10.2 Å². The third kappa shape index (κ3) is 3.12. The first-order chi connectivity index (χ1) is 9.26. The summed E-state index contributed by atoms with van der Waals surface area (Å²) in [5, 5.41) is 3.15. The van der Waals surface area contributed by atoms with Crippen molar-refractivity contribution in [2.45, 2.75) is 20.4 Å². The standard InChI is InChI=1S/C16H21N3/c1-4-19(15-8-6-5-7-9-15)16-13(2)10-14(11-17-3)12-18-16/h5-10,12,17H,4,11H2,1-3H3. The SMILES string of the molecule is CCN(c1ccccc1)c1ncc(CNC)cc1C. The number of hydrogen-bond acceptors (Lipinski definition) is 3. The van der Waals surface area contributed by atoms with Gasteiger partial charge in [-0.3, -0.25) is 0 Å². The van der Waals surface area contributed by atoms with Crippen LogP contribution in [0.4, 0.5) is 11.5 Å². The van der Waals surface area contributed by atoms with Gasteiger partial charge in [-0.15, -0.1) is 0 Å². The zero-order valence-corrected chi connectivity index (χ0v) is 11.9. The molecule has 1 heterocycles. The van der Waals surface area contributed by atoms with E-state index < -0.39 is 0 Å². The lowest BCUT2D eigenvalue weighted by Crippen LogP contribution is -2.19. The number of benzene rings is 1. The van der Waals surface area contributed by atoms with E-state index >= 15 is 0 Å². The van der Waals surface area contributed by atoms with Crippen molar-refractivity contribution in [3.8, 4) is 0 Å². The molecule has 0 unspecified atom stereocenters. The highest BCUT2D eigenvalue weighted by Crippen LogP contribution is 2.26. The molecule has 0 radical (unpaired) electrons. The topological polar surface area (TPSA) is 28.2 Å². The highest BCUT2D eigenvalue weighted by atomic mass is 15.2. The number of para-hydroxylation sites is 1. The number of rotatable bonds is 5. The summed E-state index contributed by atoms with van der Waals surface area (Å²) >= 11 is 0. The zero-order valence-electron chi connectivity index (χ0n) is 11.9.